The molecule has 0 fully saturated rings. The highest BCUT2D eigenvalue weighted by Crippen LogP contribution is 2.29. The predicted molar refractivity (Wildman–Crippen MR) is 83.6 cm³/mol. The highest BCUT2D eigenvalue weighted by molar-refractivity contribution is 9.10. The average Bonchev–Trinajstić information content (AvgIpc) is 2.37. The fourth-order valence-corrected chi connectivity index (χ4v) is 2.41. The summed E-state index contributed by atoms with van der Waals surface area (Å²) >= 11 is 3.54. The number of benzene rings is 2. The first-order chi connectivity index (χ1) is 8.97. The zero-order valence-electron chi connectivity index (χ0n) is 11.6. The van der Waals surface area contributed by atoms with Crippen molar-refractivity contribution in [2.75, 3.05) is 0 Å². The molecule has 1 nitrogen and oxygen atoms in total. The Labute approximate surface area is 123 Å². The molecule has 0 spiro atoms. The van der Waals surface area contributed by atoms with Gasteiger partial charge in [0.1, 0.15) is 12.4 Å². The summed E-state index contributed by atoms with van der Waals surface area (Å²) < 4.78 is 6.96. The molecule has 0 aromatic heterocycles. The van der Waals surface area contributed by atoms with Crippen LogP contribution in [0.1, 0.15) is 31.9 Å². The molecule has 2 aromatic carbocycles. The summed E-state index contributed by atoms with van der Waals surface area (Å²) in [5, 5.41) is 0. The first kappa shape index (κ1) is 14.1. The lowest BCUT2D eigenvalue weighted by atomic mass is 9.84. The maximum absolute atomic E-state index is 5.85. The molecule has 2 heteroatoms. The molecular weight excluding hydrogens is 300 g/mol. The van der Waals surface area contributed by atoms with Gasteiger partial charge in [-0.1, -0.05) is 61.0 Å². The average molecular weight is 319 g/mol. The van der Waals surface area contributed by atoms with Crippen LogP contribution >= 0.6 is 15.9 Å². The highest BCUT2D eigenvalue weighted by atomic mass is 79.9. The van der Waals surface area contributed by atoms with Gasteiger partial charge in [0.25, 0.3) is 0 Å². The van der Waals surface area contributed by atoms with Gasteiger partial charge in [-0.05, 0) is 40.8 Å². The van der Waals surface area contributed by atoms with Crippen molar-refractivity contribution in [2.24, 2.45) is 0 Å². The number of para-hydroxylation sites is 1. The molecule has 100 valence electrons. The second-order valence-corrected chi connectivity index (χ2v) is 6.57. The van der Waals surface area contributed by atoms with E-state index in [1.165, 1.54) is 11.1 Å². The lowest BCUT2D eigenvalue weighted by molar-refractivity contribution is 0.302. The second-order valence-electron chi connectivity index (χ2n) is 5.65. The van der Waals surface area contributed by atoms with E-state index in [0.29, 0.717) is 6.61 Å². The molecule has 0 bridgehead atoms. The van der Waals surface area contributed by atoms with Gasteiger partial charge in [-0.3, -0.25) is 0 Å². The van der Waals surface area contributed by atoms with Crippen LogP contribution in [0.25, 0.3) is 0 Å². The van der Waals surface area contributed by atoms with E-state index in [1.54, 1.807) is 0 Å². The third kappa shape index (κ3) is 3.84. The smallest absolute Gasteiger partial charge is 0.119 e. The minimum atomic E-state index is 0.110. The summed E-state index contributed by atoms with van der Waals surface area (Å²) in [5.41, 5.74) is 2.66. The van der Waals surface area contributed by atoms with Crippen LogP contribution in [-0.2, 0) is 12.0 Å². The van der Waals surface area contributed by atoms with E-state index >= 15 is 0 Å². The van der Waals surface area contributed by atoms with E-state index in [9.17, 15) is 0 Å². The Bertz CT molecular complexity index is 541. The molecule has 0 atom stereocenters. The van der Waals surface area contributed by atoms with E-state index in [2.05, 4.69) is 54.9 Å². The van der Waals surface area contributed by atoms with Crippen LogP contribution in [0.2, 0.25) is 0 Å². The van der Waals surface area contributed by atoms with E-state index in [0.717, 1.165) is 10.2 Å². The molecule has 0 saturated carbocycles. The maximum Gasteiger partial charge on any atom is 0.119 e. The minimum absolute atomic E-state index is 0.110. The molecule has 2 rings (SSSR count). The molecule has 0 N–H and O–H groups in total. The molecule has 0 radical (unpaired) electrons. The standard InChI is InChI=1S/C17H19BrO/c1-17(2,3)16-11-14(18)10-9-13(16)12-19-15-7-5-4-6-8-15/h4-11H,12H2,1-3H3. The first-order valence-corrected chi connectivity index (χ1v) is 7.23. The van der Waals surface area contributed by atoms with E-state index in [1.807, 2.05) is 30.3 Å². The molecule has 0 unspecified atom stereocenters. The van der Waals surface area contributed by atoms with Gasteiger partial charge < -0.3 is 4.74 Å². The third-order valence-corrected chi connectivity index (χ3v) is 3.51. The largest absolute Gasteiger partial charge is 0.489 e. The summed E-state index contributed by atoms with van der Waals surface area (Å²) in [5.74, 6) is 0.908. The molecule has 0 aliphatic heterocycles. The quantitative estimate of drug-likeness (QED) is 0.743. The van der Waals surface area contributed by atoms with Crippen LogP contribution < -0.4 is 4.74 Å². The number of hydrogen-bond acceptors (Lipinski definition) is 1. The highest BCUT2D eigenvalue weighted by Gasteiger charge is 2.18. The molecule has 0 aliphatic rings. The van der Waals surface area contributed by atoms with Crippen LogP contribution in [0.3, 0.4) is 0 Å². The Morgan fingerprint density at radius 3 is 2.32 bits per heavy atom. The molecule has 19 heavy (non-hydrogen) atoms. The zero-order valence-corrected chi connectivity index (χ0v) is 13.2. The van der Waals surface area contributed by atoms with Gasteiger partial charge in [0.15, 0.2) is 0 Å². The van der Waals surface area contributed by atoms with Crippen molar-refractivity contribution >= 4 is 15.9 Å². The van der Waals surface area contributed by atoms with Gasteiger partial charge in [-0.25, -0.2) is 0 Å². The second kappa shape index (κ2) is 5.79. The topological polar surface area (TPSA) is 9.23 Å². The van der Waals surface area contributed by atoms with Crippen LogP contribution in [0.4, 0.5) is 0 Å². The van der Waals surface area contributed by atoms with Gasteiger partial charge in [0.2, 0.25) is 0 Å². The zero-order chi connectivity index (χ0) is 13.9. The van der Waals surface area contributed by atoms with Crippen molar-refractivity contribution in [3.05, 3.63) is 64.1 Å². The van der Waals surface area contributed by atoms with Crippen molar-refractivity contribution in [1.29, 1.82) is 0 Å². The van der Waals surface area contributed by atoms with Crippen molar-refractivity contribution < 1.29 is 4.74 Å². The first-order valence-electron chi connectivity index (χ1n) is 6.43. The van der Waals surface area contributed by atoms with E-state index in [-0.39, 0.29) is 5.41 Å². The molecule has 0 amide bonds. The maximum atomic E-state index is 5.85. The Kier molecular flexibility index (Phi) is 4.31. The summed E-state index contributed by atoms with van der Waals surface area (Å²) in [6.07, 6.45) is 0. The normalized spacial score (nSPS) is 11.4. The fourth-order valence-electron chi connectivity index (χ4n) is 2.05. The number of ether oxygens (including phenoxy) is 1. The lowest BCUT2D eigenvalue weighted by Crippen LogP contribution is -2.15. The summed E-state index contributed by atoms with van der Waals surface area (Å²) in [7, 11) is 0. The lowest BCUT2D eigenvalue weighted by Gasteiger charge is -2.23. The predicted octanol–water partition coefficient (Wildman–Crippen LogP) is 5.33. The van der Waals surface area contributed by atoms with Gasteiger partial charge in [-0.15, -0.1) is 0 Å². The minimum Gasteiger partial charge on any atom is -0.489 e. The third-order valence-electron chi connectivity index (χ3n) is 3.02. The SMILES string of the molecule is CC(C)(C)c1cc(Br)ccc1COc1ccccc1. The van der Waals surface area contributed by atoms with E-state index < -0.39 is 0 Å². The Morgan fingerprint density at radius 1 is 1.00 bits per heavy atom. The van der Waals surface area contributed by atoms with Crippen LogP contribution in [-0.4, -0.2) is 0 Å². The van der Waals surface area contributed by atoms with E-state index in [4.69, 9.17) is 4.74 Å². The number of hydrogen-bond donors (Lipinski definition) is 0. The van der Waals surface area contributed by atoms with Crippen LogP contribution in [0.15, 0.2) is 53.0 Å². The summed E-state index contributed by atoms with van der Waals surface area (Å²) in [6.45, 7) is 7.27. The molecule has 0 saturated heterocycles. The molecule has 0 aliphatic carbocycles. The van der Waals surface area contributed by atoms with Gasteiger partial charge in [0, 0.05) is 4.47 Å². The van der Waals surface area contributed by atoms with Crippen molar-refractivity contribution in [3.63, 3.8) is 0 Å². The van der Waals surface area contributed by atoms with Gasteiger partial charge in [-0.2, -0.15) is 0 Å². The Balaban J connectivity index is 2.21. The van der Waals surface area contributed by atoms with Crippen LogP contribution in [0, 0.1) is 0 Å². The summed E-state index contributed by atoms with van der Waals surface area (Å²) in [6, 6.07) is 16.3. The number of halogens is 1. The van der Waals surface area contributed by atoms with Crippen molar-refractivity contribution in [1.82, 2.24) is 0 Å². The monoisotopic (exact) mass is 318 g/mol. The Hall–Kier alpha value is -1.28. The van der Waals surface area contributed by atoms with Crippen LogP contribution in [0.5, 0.6) is 5.75 Å². The molecular formula is C17H19BrO. The van der Waals surface area contributed by atoms with Crippen molar-refractivity contribution in [2.45, 2.75) is 32.8 Å². The van der Waals surface area contributed by atoms with Gasteiger partial charge >= 0.3 is 0 Å². The Morgan fingerprint density at radius 2 is 1.68 bits per heavy atom. The fraction of sp³-hybridized carbons (Fsp3) is 0.294. The summed E-state index contributed by atoms with van der Waals surface area (Å²) in [4.78, 5) is 0. The van der Waals surface area contributed by atoms with Gasteiger partial charge in [0.05, 0.1) is 0 Å². The molecule has 0 heterocycles. The number of rotatable bonds is 3. The molecule has 2 aromatic rings. The van der Waals surface area contributed by atoms with Crippen molar-refractivity contribution in [3.8, 4) is 5.75 Å².